The van der Waals surface area contributed by atoms with Crippen LogP contribution in [-0.2, 0) is 27.3 Å². The van der Waals surface area contributed by atoms with Crippen LogP contribution in [0.15, 0.2) is 84.9 Å². The number of aromatic amines is 1. The Morgan fingerprint density at radius 2 is 1.46 bits per heavy atom. The van der Waals surface area contributed by atoms with Crippen molar-refractivity contribution < 1.29 is 28.7 Å². The number of hydrogen-bond acceptors (Lipinski definition) is 7. The molecule has 0 bridgehead atoms. The Labute approximate surface area is 224 Å². The van der Waals surface area contributed by atoms with E-state index in [-0.39, 0.29) is 36.3 Å². The fourth-order valence-corrected chi connectivity index (χ4v) is 4.54. The molecular weight excluding hydrogens is 498 g/mol. The van der Waals surface area contributed by atoms with E-state index in [0.29, 0.717) is 17.1 Å². The molecule has 9 heteroatoms. The second-order valence-corrected chi connectivity index (χ2v) is 8.94. The molecule has 0 saturated carbocycles. The fraction of sp³-hybridized carbons (Fsp3) is 0.167. The van der Waals surface area contributed by atoms with Crippen molar-refractivity contribution in [1.82, 2.24) is 14.9 Å². The molecule has 0 unspecified atom stereocenters. The van der Waals surface area contributed by atoms with Crippen LogP contribution in [0.4, 0.5) is 0 Å². The number of benzene rings is 3. The molecule has 4 aromatic rings. The number of aryl methyl sites for hydroxylation is 1. The lowest BCUT2D eigenvalue weighted by molar-refractivity contribution is -0.145. The number of imidazole rings is 1. The van der Waals surface area contributed by atoms with Crippen molar-refractivity contribution >= 4 is 23.8 Å². The Balaban J connectivity index is 1.39. The summed E-state index contributed by atoms with van der Waals surface area (Å²) in [5, 5.41) is 0. The molecule has 1 atom stereocenters. The highest BCUT2D eigenvalue weighted by Gasteiger charge is 2.43. The van der Waals surface area contributed by atoms with Gasteiger partial charge < -0.3 is 14.5 Å². The summed E-state index contributed by atoms with van der Waals surface area (Å²) in [6.45, 7) is 0.0897. The fourth-order valence-electron chi connectivity index (χ4n) is 4.54. The van der Waals surface area contributed by atoms with Crippen LogP contribution in [0.5, 0.6) is 0 Å². The number of nitrogens with zero attached hydrogens (tertiary/aromatic N) is 2. The Bertz CT molecular complexity index is 1500. The molecule has 1 aliphatic heterocycles. The van der Waals surface area contributed by atoms with E-state index < -0.39 is 29.8 Å². The summed E-state index contributed by atoms with van der Waals surface area (Å²) in [5.41, 5.74) is 2.60. The molecule has 0 radical (unpaired) electrons. The zero-order chi connectivity index (χ0) is 27.4. The second kappa shape index (κ2) is 11.1. The molecule has 0 fully saturated rings. The Hall–Kier alpha value is -5.05. The third-order valence-electron chi connectivity index (χ3n) is 6.48. The zero-order valence-corrected chi connectivity index (χ0v) is 21.1. The lowest BCUT2D eigenvalue weighted by Gasteiger charge is -2.23. The van der Waals surface area contributed by atoms with Crippen LogP contribution < -0.4 is 0 Å². The lowest BCUT2D eigenvalue weighted by Crippen LogP contribution is -2.45. The topological polar surface area (TPSA) is 119 Å². The smallest absolute Gasteiger partial charge is 0.357 e. The van der Waals surface area contributed by atoms with Gasteiger partial charge in [0.1, 0.15) is 24.2 Å². The van der Waals surface area contributed by atoms with Gasteiger partial charge in [0.05, 0.1) is 18.2 Å². The Kier molecular flexibility index (Phi) is 7.31. The number of hydrogen-bond donors (Lipinski definition) is 1. The molecule has 9 nitrogen and oxygen atoms in total. The number of nitrogens with one attached hydrogen (secondary N) is 1. The van der Waals surface area contributed by atoms with Gasteiger partial charge >= 0.3 is 11.9 Å². The van der Waals surface area contributed by atoms with E-state index in [1.165, 1.54) is 7.11 Å². The minimum absolute atomic E-state index is 0.0401. The molecule has 0 saturated heterocycles. The summed E-state index contributed by atoms with van der Waals surface area (Å²) in [7, 11) is 1.20. The predicted molar refractivity (Wildman–Crippen MR) is 141 cm³/mol. The molecule has 5 rings (SSSR count). The van der Waals surface area contributed by atoms with Gasteiger partial charge in [0.15, 0.2) is 5.69 Å². The van der Waals surface area contributed by atoms with E-state index in [1.54, 1.807) is 24.3 Å². The van der Waals surface area contributed by atoms with Crippen LogP contribution in [0.2, 0.25) is 0 Å². The highest BCUT2D eigenvalue weighted by molar-refractivity contribution is 6.22. The van der Waals surface area contributed by atoms with Gasteiger partial charge in [0.2, 0.25) is 0 Å². The first-order chi connectivity index (χ1) is 19.0. The summed E-state index contributed by atoms with van der Waals surface area (Å²) >= 11 is 0. The molecule has 1 N–H and O–H groups in total. The lowest BCUT2D eigenvalue weighted by atomic mass is 10.1. The van der Waals surface area contributed by atoms with Gasteiger partial charge in [0, 0.05) is 12.0 Å². The van der Waals surface area contributed by atoms with Crippen LogP contribution in [0.3, 0.4) is 0 Å². The SMILES string of the molecule is COC(=O)[C@H](CCc1nc(-c2ccccc2)c(C(=O)OCc2ccccc2)[nH]1)N1C(=O)c2ccccc2C1=O. The first kappa shape index (κ1) is 25.6. The summed E-state index contributed by atoms with van der Waals surface area (Å²) in [6, 6.07) is 23.7. The van der Waals surface area contributed by atoms with Crippen LogP contribution in [-0.4, -0.2) is 51.8 Å². The number of esters is 2. The standard InChI is InChI=1S/C30H25N3O6/c1-38-29(36)23(33-27(34)21-14-8-9-15-22(21)28(33)35)16-17-24-31-25(20-12-6-3-7-13-20)26(32-24)30(37)39-18-19-10-4-2-5-11-19/h2-15,23H,16-18H2,1H3,(H,31,32)/t23-/m0/s1. The van der Waals surface area contributed by atoms with Crippen LogP contribution in [0, 0.1) is 0 Å². The van der Waals surface area contributed by atoms with Crippen molar-refractivity contribution in [1.29, 1.82) is 0 Å². The maximum atomic E-state index is 13.1. The molecule has 2 amide bonds. The molecule has 2 heterocycles. The monoisotopic (exact) mass is 523 g/mol. The largest absolute Gasteiger partial charge is 0.467 e. The summed E-state index contributed by atoms with van der Waals surface area (Å²) < 4.78 is 10.5. The maximum Gasteiger partial charge on any atom is 0.357 e. The normalized spacial score (nSPS) is 13.2. The number of carbonyl (C=O) groups excluding carboxylic acids is 4. The van der Waals surface area contributed by atoms with Crippen LogP contribution in [0.25, 0.3) is 11.3 Å². The van der Waals surface area contributed by atoms with Gasteiger partial charge in [-0.1, -0.05) is 72.8 Å². The molecule has 3 aromatic carbocycles. The number of H-pyrrole nitrogens is 1. The highest BCUT2D eigenvalue weighted by atomic mass is 16.5. The first-order valence-corrected chi connectivity index (χ1v) is 12.4. The summed E-state index contributed by atoms with van der Waals surface area (Å²) in [5.74, 6) is -2.02. The minimum Gasteiger partial charge on any atom is -0.467 e. The average Bonchev–Trinajstić information content (AvgIpc) is 3.52. The molecule has 0 spiro atoms. The van der Waals surface area contributed by atoms with Gasteiger partial charge in [-0.15, -0.1) is 0 Å². The van der Waals surface area contributed by atoms with E-state index in [1.807, 2.05) is 60.7 Å². The van der Waals surface area contributed by atoms with E-state index in [0.717, 1.165) is 10.5 Å². The molecule has 196 valence electrons. The van der Waals surface area contributed by atoms with Gasteiger partial charge in [-0.05, 0) is 24.1 Å². The van der Waals surface area contributed by atoms with Crippen molar-refractivity contribution in [3.8, 4) is 11.3 Å². The van der Waals surface area contributed by atoms with Gasteiger partial charge in [-0.3, -0.25) is 14.5 Å². The molecule has 1 aromatic heterocycles. The van der Waals surface area contributed by atoms with E-state index in [2.05, 4.69) is 9.97 Å². The maximum absolute atomic E-state index is 13.1. The molecular formula is C30H25N3O6. The number of ether oxygens (including phenoxy) is 2. The third kappa shape index (κ3) is 5.19. The van der Waals surface area contributed by atoms with Crippen LogP contribution >= 0.6 is 0 Å². The van der Waals surface area contributed by atoms with Crippen molar-refractivity contribution in [3.05, 3.63) is 113 Å². The third-order valence-corrected chi connectivity index (χ3v) is 6.48. The number of carbonyl (C=O) groups is 4. The summed E-state index contributed by atoms with van der Waals surface area (Å²) in [6.07, 6.45) is 0.192. The molecule has 1 aliphatic rings. The van der Waals surface area contributed by atoms with E-state index in [9.17, 15) is 19.2 Å². The first-order valence-electron chi connectivity index (χ1n) is 12.4. The van der Waals surface area contributed by atoms with Crippen molar-refractivity contribution in [2.24, 2.45) is 0 Å². The van der Waals surface area contributed by atoms with Crippen molar-refractivity contribution in [2.45, 2.75) is 25.5 Å². The van der Waals surface area contributed by atoms with Gasteiger partial charge in [-0.2, -0.15) is 0 Å². The number of amides is 2. The number of rotatable bonds is 9. The van der Waals surface area contributed by atoms with Gasteiger partial charge in [-0.25, -0.2) is 14.6 Å². The van der Waals surface area contributed by atoms with Crippen molar-refractivity contribution in [3.63, 3.8) is 0 Å². The number of imide groups is 1. The molecule has 0 aliphatic carbocycles. The Morgan fingerprint density at radius 3 is 2.08 bits per heavy atom. The van der Waals surface area contributed by atoms with E-state index in [4.69, 9.17) is 9.47 Å². The zero-order valence-electron chi connectivity index (χ0n) is 21.1. The van der Waals surface area contributed by atoms with Crippen molar-refractivity contribution in [2.75, 3.05) is 7.11 Å². The van der Waals surface area contributed by atoms with Gasteiger partial charge in [0.25, 0.3) is 11.8 Å². The average molecular weight is 524 g/mol. The minimum atomic E-state index is -1.17. The number of methoxy groups -OCH3 is 1. The predicted octanol–water partition coefficient (Wildman–Crippen LogP) is 4.20. The second-order valence-electron chi connectivity index (χ2n) is 8.94. The van der Waals surface area contributed by atoms with E-state index >= 15 is 0 Å². The van der Waals surface area contributed by atoms with Crippen LogP contribution in [0.1, 0.15) is 49.0 Å². The quantitative estimate of drug-likeness (QED) is 0.258. The summed E-state index contributed by atoms with van der Waals surface area (Å²) in [4.78, 5) is 60.4. The number of fused-ring (bicyclic) bond motifs is 1. The molecule has 39 heavy (non-hydrogen) atoms. The number of aromatic nitrogens is 2. The Morgan fingerprint density at radius 1 is 0.872 bits per heavy atom. The highest BCUT2D eigenvalue weighted by Crippen LogP contribution is 2.28.